The minimum absolute atomic E-state index is 0.00613. The lowest BCUT2D eigenvalue weighted by Crippen LogP contribution is -2.51. The molecule has 0 atom stereocenters. The Morgan fingerprint density at radius 2 is 1.80 bits per heavy atom. The minimum atomic E-state index is -2.86. The summed E-state index contributed by atoms with van der Waals surface area (Å²) >= 11 is 0. The average Bonchev–Trinajstić information content (AvgIpc) is 2.57. The van der Waals surface area contributed by atoms with Crippen molar-refractivity contribution in [2.75, 3.05) is 39.3 Å². The Morgan fingerprint density at radius 1 is 1.16 bits per heavy atom. The van der Waals surface area contributed by atoms with Gasteiger partial charge in [0.05, 0.1) is 13.0 Å². The zero-order chi connectivity index (χ0) is 18.2. The molecule has 2 amide bonds. The van der Waals surface area contributed by atoms with Crippen LogP contribution in [0.3, 0.4) is 0 Å². The highest BCUT2D eigenvalue weighted by molar-refractivity contribution is 5.79. The molecule has 138 valence electrons. The highest BCUT2D eigenvalue weighted by Gasteiger charge is 2.22. The predicted octanol–water partition coefficient (Wildman–Crippen LogP) is 1.11. The van der Waals surface area contributed by atoms with E-state index in [4.69, 9.17) is 0 Å². The number of benzene rings is 1. The number of hydrogen-bond donors (Lipinski definition) is 1. The van der Waals surface area contributed by atoms with Gasteiger partial charge in [0, 0.05) is 32.7 Å². The van der Waals surface area contributed by atoms with Crippen LogP contribution in [0.15, 0.2) is 24.3 Å². The number of piperazine rings is 1. The zero-order valence-corrected chi connectivity index (χ0v) is 14.2. The van der Waals surface area contributed by atoms with Gasteiger partial charge >= 0.3 is 6.61 Å². The van der Waals surface area contributed by atoms with Gasteiger partial charge in [0.25, 0.3) is 0 Å². The summed E-state index contributed by atoms with van der Waals surface area (Å²) in [6.45, 7) is 2.44. The summed E-state index contributed by atoms with van der Waals surface area (Å²) in [7, 11) is 0. The first-order chi connectivity index (χ1) is 12.0. The molecule has 0 aromatic heterocycles. The van der Waals surface area contributed by atoms with Crippen LogP contribution in [0, 0.1) is 0 Å². The van der Waals surface area contributed by atoms with Crippen molar-refractivity contribution in [1.29, 1.82) is 0 Å². The van der Waals surface area contributed by atoms with Gasteiger partial charge in [-0.3, -0.25) is 14.5 Å². The molecule has 6 nitrogen and oxygen atoms in total. The number of nitrogens with one attached hydrogen (secondary N) is 1. The fourth-order valence-corrected chi connectivity index (χ4v) is 2.69. The Balaban J connectivity index is 1.77. The Labute approximate surface area is 145 Å². The van der Waals surface area contributed by atoms with E-state index in [0.29, 0.717) is 39.3 Å². The van der Waals surface area contributed by atoms with Crippen molar-refractivity contribution in [3.05, 3.63) is 29.8 Å². The van der Waals surface area contributed by atoms with E-state index in [2.05, 4.69) is 10.1 Å². The molecule has 1 aliphatic heterocycles. The van der Waals surface area contributed by atoms with Crippen molar-refractivity contribution in [2.45, 2.75) is 20.0 Å². The highest BCUT2D eigenvalue weighted by atomic mass is 19.3. The molecule has 0 radical (unpaired) electrons. The first-order valence-corrected chi connectivity index (χ1v) is 8.28. The van der Waals surface area contributed by atoms with E-state index < -0.39 is 6.61 Å². The van der Waals surface area contributed by atoms with Gasteiger partial charge in [-0.05, 0) is 24.6 Å². The van der Waals surface area contributed by atoms with Crippen LogP contribution in [0.25, 0.3) is 0 Å². The molecule has 0 unspecified atom stereocenters. The third-order valence-electron chi connectivity index (χ3n) is 3.97. The lowest BCUT2D eigenvalue weighted by molar-refractivity contribution is -0.132. The van der Waals surface area contributed by atoms with Crippen LogP contribution in [0.4, 0.5) is 8.78 Å². The number of carbonyl (C=O) groups excluding carboxylic acids is 2. The van der Waals surface area contributed by atoms with Gasteiger partial charge in [-0.25, -0.2) is 0 Å². The fraction of sp³-hybridized carbons (Fsp3) is 0.529. The minimum Gasteiger partial charge on any atom is -0.435 e. The maximum absolute atomic E-state index is 12.3. The van der Waals surface area contributed by atoms with Crippen molar-refractivity contribution < 1.29 is 23.1 Å². The van der Waals surface area contributed by atoms with Crippen LogP contribution in [0.5, 0.6) is 5.75 Å². The first kappa shape index (κ1) is 19.1. The second-order valence-corrected chi connectivity index (χ2v) is 5.81. The van der Waals surface area contributed by atoms with Crippen molar-refractivity contribution in [1.82, 2.24) is 15.1 Å². The van der Waals surface area contributed by atoms with E-state index in [1.807, 2.05) is 11.8 Å². The molecule has 1 N–H and O–H groups in total. The number of ether oxygens (including phenoxy) is 1. The van der Waals surface area contributed by atoms with Gasteiger partial charge in [-0.15, -0.1) is 0 Å². The quantitative estimate of drug-likeness (QED) is 0.796. The van der Waals surface area contributed by atoms with Crippen molar-refractivity contribution in [2.24, 2.45) is 0 Å². The first-order valence-electron chi connectivity index (χ1n) is 8.28. The summed E-state index contributed by atoms with van der Waals surface area (Å²) in [5.41, 5.74) is 0.747. The monoisotopic (exact) mass is 355 g/mol. The number of rotatable bonds is 7. The molecule has 8 heteroatoms. The average molecular weight is 355 g/mol. The third-order valence-corrected chi connectivity index (χ3v) is 3.97. The van der Waals surface area contributed by atoms with E-state index in [9.17, 15) is 18.4 Å². The molecule has 0 bridgehead atoms. The van der Waals surface area contributed by atoms with E-state index in [1.165, 1.54) is 12.1 Å². The van der Waals surface area contributed by atoms with Crippen molar-refractivity contribution in [3.63, 3.8) is 0 Å². The van der Waals surface area contributed by atoms with Crippen LogP contribution >= 0.6 is 0 Å². The third kappa shape index (κ3) is 6.30. The van der Waals surface area contributed by atoms with Crippen LogP contribution in [0.1, 0.15) is 12.5 Å². The van der Waals surface area contributed by atoms with Crippen LogP contribution in [-0.2, 0) is 16.0 Å². The number of likely N-dealkylation sites (N-methyl/N-ethyl adjacent to an activating group) is 1. The summed E-state index contributed by atoms with van der Waals surface area (Å²) in [6, 6.07) is 6.08. The molecule has 0 aliphatic carbocycles. The van der Waals surface area contributed by atoms with Gasteiger partial charge in [0.1, 0.15) is 5.75 Å². The Bertz CT molecular complexity index is 573. The summed E-state index contributed by atoms with van der Waals surface area (Å²) < 4.78 is 28.5. The highest BCUT2D eigenvalue weighted by Crippen LogP contribution is 2.16. The molecule has 1 heterocycles. The smallest absolute Gasteiger partial charge is 0.387 e. The zero-order valence-electron chi connectivity index (χ0n) is 14.2. The fourth-order valence-electron chi connectivity index (χ4n) is 2.69. The molecule has 1 fully saturated rings. The predicted molar refractivity (Wildman–Crippen MR) is 88.5 cm³/mol. The standard InChI is InChI=1S/C17H23F2N3O3/c1-2-20-15(23)12-21-7-9-22(10-8-21)16(24)11-13-3-5-14(6-4-13)25-17(18)19/h3-6,17H,2,7-12H2,1H3,(H,20,23). The Morgan fingerprint density at radius 3 is 2.36 bits per heavy atom. The van der Waals surface area contributed by atoms with Gasteiger partial charge in [0.15, 0.2) is 0 Å². The Kier molecular flexibility index (Phi) is 7.12. The number of alkyl halides is 2. The molecule has 2 rings (SSSR count). The molecule has 0 spiro atoms. The van der Waals surface area contributed by atoms with Crippen LogP contribution in [0.2, 0.25) is 0 Å². The van der Waals surface area contributed by atoms with Gasteiger partial charge in [0.2, 0.25) is 11.8 Å². The van der Waals surface area contributed by atoms with Crippen LogP contribution < -0.4 is 10.1 Å². The topological polar surface area (TPSA) is 61.9 Å². The van der Waals surface area contributed by atoms with E-state index in [0.717, 1.165) is 5.56 Å². The number of halogens is 2. The van der Waals surface area contributed by atoms with Crippen molar-refractivity contribution >= 4 is 11.8 Å². The lowest BCUT2D eigenvalue weighted by Gasteiger charge is -2.34. The molecule has 1 saturated heterocycles. The lowest BCUT2D eigenvalue weighted by atomic mass is 10.1. The molecule has 1 aromatic carbocycles. The largest absolute Gasteiger partial charge is 0.435 e. The van der Waals surface area contributed by atoms with E-state index >= 15 is 0 Å². The molecule has 1 aliphatic rings. The normalized spacial score (nSPS) is 15.3. The summed E-state index contributed by atoms with van der Waals surface area (Å²) in [6.07, 6.45) is 0.214. The summed E-state index contributed by atoms with van der Waals surface area (Å²) in [5.74, 6) is 0.0544. The molecular formula is C17H23F2N3O3. The van der Waals surface area contributed by atoms with E-state index in [1.54, 1.807) is 17.0 Å². The van der Waals surface area contributed by atoms with Crippen molar-refractivity contribution in [3.8, 4) is 5.75 Å². The van der Waals surface area contributed by atoms with Gasteiger partial charge in [-0.1, -0.05) is 12.1 Å². The number of nitrogens with zero attached hydrogens (tertiary/aromatic N) is 2. The number of hydrogen-bond acceptors (Lipinski definition) is 4. The summed E-state index contributed by atoms with van der Waals surface area (Å²) in [5, 5.41) is 2.76. The second kappa shape index (κ2) is 9.31. The van der Waals surface area contributed by atoms with E-state index in [-0.39, 0.29) is 24.0 Å². The second-order valence-electron chi connectivity index (χ2n) is 5.81. The SMILES string of the molecule is CCNC(=O)CN1CCN(C(=O)Cc2ccc(OC(F)F)cc2)CC1. The van der Waals surface area contributed by atoms with Gasteiger partial charge in [-0.2, -0.15) is 8.78 Å². The molecule has 1 aromatic rings. The number of carbonyl (C=O) groups is 2. The van der Waals surface area contributed by atoms with Gasteiger partial charge < -0.3 is 15.0 Å². The van der Waals surface area contributed by atoms with Crippen LogP contribution in [-0.4, -0.2) is 67.5 Å². The Hall–Kier alpha value is -2.22. The maximum Gasteiger partial charge on any atom is 0.387 e. The molecule has 0 saturated carbocycles. The number of amides is 2. The maximum atomic E-state index is 12.3. The molecule has 25 heavy (non-hydrogen) atoms. The summed E-state index contributed by atoms with van der Waals surface area (Å²) in [4.78, 5) is 27.7. The molecular weight excluding hydrogens is 332 g/mol.